The van der Waals surface area contributed by atoms with Gasteiger partial charge in [-0.25, -0.2) is 13.2 Å². The van der Waals surface area contributed by atoms with Crippen LogP contribution in [-0.4, -0.2) is 0 Å². The Hall–Kier alpha value is -0.990. The lowest BCUT2D eigenvalue weighted by Crippen LogP contribution is -1.91. The molecule has 0 bridgehead atoms. The van der Waals surface area contributed by atoms with Crippen molar-refractivity contribution in [1.82, 2.24) is 0 Å². The van der Waals surface area contributed by atoms with Crippen LogP contribution < -0.4 is 0 Å². The van der Waals surface area contributed by atoms with Crippen LogP contribution in [0.4, 0.5) is 13.2 Å². The smallest absolute Gasteiger partial charge is 0.131 e. The zero-order valence-electron chi connectivity index (χ0n) is 6.00. The summed E-state index contributed by atoms with van der Waals surface area (Å²) in [5.74, 6) is -1.46. The maximum Gasteiger partial charge on any atom is 0.131 e. The minimum Gasteiger partial charge on any atom is -0.246 e. The van der Waals surface area contributed by atoms with E-state index in [0.29, 0.717) is 6.07 Å². The molecule has 0 amide bonds. The van der Waals surface area contributed by atoms with Crippen LogP contribution in [0.3, 0.4) is 0 Å². The van der Waals surface area contributed by atoms with E-state index in [-0.39, 0.29) is 11.1 Å². The summed E-state index contributed by atoms with van der Waals surface area (Å²) in [6.45, 7) is 0.570. The highest BCUT2D eigenvalue weighted by Gasteiger charge is 2.05. The van der Waals surface area contributed by atoms with Crippen LogP contribution in [0.5, 0.6) is 0 Å². The van der Waals surface area contributed by atoms with Gasteiger partial charge in [0.05, 0.1) is 0 Å². The lowest BCUT2D eigenvalue weighted by atomic mass is 10.1. The Morgan fingerprint density at radius 1 is 1.18 bits per heavy atom. The molecule has 11 heavy (non-hydrogen) atoms. The SMILES string of the molecule is Cc1cc(CF)c(F)cc1F. The average molecular weight is 160 g/mol. The zero-order chi connectivity index (χ0) is 8.43. The van der Waals surface area contributed by atoms with Crippen LogP contribution >= 0.6 is 0 Å². The Balaban J connectivity index is 3.21. The van der Waals surface area contributed by atoms with Crippen molar-refractivity contribution in [3.63, 3.8) is 0 Å². The molecule has 0 radical (unpaired) electrons. The van der Waals surface area contributed by atoms with Gasteiger partial charge in [0.15, 0.2) is 0 Å². The summed E-state index contributed by atoms with van der Waals surface area (Å²) in [4.78, 5) is 0. The maximum atomic E-state index is 12.6. The van der Waals surface area contributed by atoms with E-state index in [9.17, 15) is 13.2 Å². The van der Waals surface area contributed by atoms with Crippen LogP contribution in [0.2, 0.25) is 0 Å². The molecule has 1 aromatic rings. The normalized spacial score (nSPS) is 10.2. The quantitative estimate of drug-likeness (QED) is 0.592. The molecule has 0 N–H and O–H groups in total. The molecule has 0 heterocycles. The molecule has 60 valence electrons. The van der Waals surface area contributed by atoms with Gasteiger partial charge in [-0.3, -0.25) is 0 Å². The summed E-state index contributed by atoms with van der Waals surface area (Å²) in [5.41, 5.74) is 0.169. The van der Waals surface area contributed by atoms with Gasteiger partial charge in [-0.2, -0.15) is 0 Å². The molecule has 0 aliphatic heterocycles. The molecule has 0 unspecified atom stereocenters. The van der Waals surface area contributed by atoms with E-state index in [0.717, 1.165) is 0 Å². The predicted octanol–water partition coefficient (Wildman–Crippen LogP) is 2.74. The Morgan fingerprint density at radius 2 is 1.82 bits per heavy atom. The fraction of sp³-hybridized carbons (Fsp3) is 0.250. The monoisotopic (exact) mass is 160 g/mol. The van der Waals surface area contributed by atoms with Crippen molar-refractivity contribution in [1.29, 1.82) is 0 Å². The number of alkyl halides is 1. The molecule has 0 aliphatic rings. The molecule has 0 fully saturated rings. The van der Waals surface area contributed by atoms with Gasteiger partial charge in [-0.05, 0) is 18.6 Å². The first kappa shape index (κ1) is 8.11. The van der Waals surface area contributed by atoms with Gasteiger partial charge in [0.25, 0.3) is 0 Å². The molecule has 0 spiro atoms. The minimum absolute atomic E-state index is 0.0936. The summed E-state index contributed by atoms with van der Waals surface area (Å²) in [6, 6.07) is 1.87. The first-order chi connectivity index (χ1) is 5.15. The summed E-state index contributed by atoms with van der Waals surface area (Å²) in [6.07, 6.45) is 0. The number of aryl methyl sites for hydroxylation is 1. The minimum atomic E-state index is -0.896. The Bertz CT molecular complexity index is 268. The van der Waals surface area contributed by atoms with Crippen molar-refractivity contribution >= 4 is 0 Å². The van der Waals surface area contributed by atoms with E-state index in [1.54, 1.807) is 0 Å². The number of halogens is 3. The summed E-state index contributed by atoms with van der Waals surface area (Å²) >= 11 is 0. The molecule has 0 saturated carbocycles. The van der Waals surface area contributed by atoms with E-state index >= 15 is 0 Å². The summed E-state index contributed by atoms with van der Waals surface area (Å²) in [5, 5.41) is 0. The molecule has 1 rings (SSSR count). The highest BCUT2D eigenvalue weighted by atomic mass is 19.1. The predicted molar refractivity (Wildman–Crippen MR) is 35.9 cm³/mol. The summed E-state index contributed by atoms with van der Waals surface area (Å²) < 4.78 is 37.0. The van der Waals surface area contributed by atoms with Crippen molar-refractivity contribution in [3.8, 4) is 0 Å². The Kier molecular flexibility index (Phi) is 2.17. The number of hydrogen-bond acceptors (Lipinski definition) is 0. The molecular weight excluding hydrogens is 153 g/mol. The van der Waals surface area contributed by atoms with E-state index in [2.05, 4.69) is 0 Å². The molecule has 0 nitrogen and oxygen atoms in total. The topological polar surface area (TPSA) is 0 Å². The molecule has 0 aromatic heterocycles. The fourth-order valence-corrected chi connectivity index (χ4v) is 0.819. The Labute approximate surface area is 62.7 Å². The average Bonchev–Trinajstić information content (AvgIpc) is 1.97. The van der Waals surface area contributed by atoms with Crippen LogP contribution in [0.1, 0.15) is 11.1 Å². The van der Waals surface area contributed by atoms with Gasteiger partial charge in [0.1, 0.15) is 18.3 Å². The molecule has 0 atom stereocenters. The first-order valence-corrected chi connectivity index (χ1v) is 3.15. The van der Waals surface area contributed by atoms with Crippen LogP contribution in [0.15, 0.2) is 12.1 Å². The molecule has 0 saturated heterocycles. The maximum absolute atomic E-state index is 12.6. The third-order valence-electron chi connectivity index (χ3n) is 1.47. The van der Waals surface area contributed by atoms with Crippen molar-refractivity contribution < 1.29 is 13.2 Å². The molecular formula is C8H7F3. The number of hydrogen-bond donors (Lipinski definition) is 0. The van der Waals surface area contributed by atoms with E-state index < -0.39 is 18.3 Å². The second-order valence-corrected chi connectivity index (χ2v) is 2.33. The van der Waals surface area contributed by atoms with Gasteiger partial charge in [0, 0.05) is 11.6 Å². The van der Waals surface area contributed by atoms with Gasteiger partial charge >= 0.3 is 0 Å². The number of benzene rings is 1. The summed E-state index contributed by atoms with van der Waals surface area (Å²) in [7, 11) is 0. The van der Waals surface area contributed by atoms with Crippen molar-refractivity contribution in [3.05, 3.63) is 34.9 Å². The lowest BCUT2D eigenvalue weighted by Gasteiger charge is -2.00. The fourth-order valence-electron chi connectivity index (χ4n) is 0.819. The van der Waals surface area contributed by atoms with Gasteiger partial charge in [-0.1, -0.05) is 0 Å². The second-order valence-electron chi connectivity index (χ2n) is 2.33. The van der Waals surface area contributed by atoms with E-state index in [4.69, 9.17) is 0 Å². The molecule has 1 aromatic carbocycles. The van der Waals surface area contributed by atoms with Gasteiger partial charge < -0.3 is 0 Å². The molecule has 3 heteroatoms. The molecule has 0 aliphatic carbocycles. The third kappa shape index (κ3) is 1.53. The van der Waals surface area contributed by atoms with Gasteiger partial charge in [0.2, 0.25) is 0 Å². The van der Waals surface area contributed by atoms with Crippen molar-refractivity contribution in [2.45, 2.75) is 13.6 Å². The van der Waals surface area contributed by atoms with E-state index in [1.807, 2.05) is 0 Å². The zero-order valence-corrected chi connectivity index (χ0v) is 6.00. The highest BCUT2D eigenvalue weighted by Crippen LogP contribution is 2.14. The highest BCUT2D eigenvalue weighted by molar-refractivity contribution is 5.24. The van der Waals surface area contributed by atoms with E-state index in [1.165, 1.54) is 13.0 Å². The largest absolute Gasteiger partial charge is 0.246 e. The standard InChI is InChI=1S/C8H7F3/c1-5-2-6(4-9)8(11)3-7(5)10/h2-3H,4H2,1H3. The van der Waals surface area contributed by atoms with Crippen molar-refractivity contribution in [2.75, 3.05) is 0 Å². The van der Waals surface area contributed by atoms with Crippen LogP contribution in [0, 0.1) is 18.6 Å². The third-order valence-corrected chi connectivity index (χ3v) is 1.47. The van der Waals surface area contributed by atoms with Gasteiger partial charge in [-0.15, -0.1) is 0 Å². The lowest BCUT2D eigenvalue weighted by molar-refractivity contribution is 0.460. The van der Waals surface area contributed by atoms with Crippen LogP contribution in [-0.2, 0) is 6.67 Å². The number of rotatable bonds is 1. The second kappa shape index (κ2) is 2.95. The van der Waals surface area contributed by atoms with Crippen molar-refractivity contribution in [2.24, 2.45) is 0 Å². The van der Waals surface area contributed by atoms with Crippen LogP contribution in [0.25, 0.3) is 0 Å². The first-order valence-electron chi connectivity index (χ1n) is 3.15. The Morgan fingerprint density at radius 3 is 2.36 bits per heavy atom.